The van der Waals surface area contributed by atoms with Crippen molar-refractivity contribution in [2.75, 3.05) is 0 Å². The third kappa shape index (κ3) is 1.90. The molecule has 0 amide bonds. The van der Waals surface area contributed by atoms with Crippen molar-refractivity contribution in [2.45, 2.75) is 12.5 Å². The Kier molecular flexibility index (Phi) is 2.54. The van der Waals surface area contributed by atoms with Gasteiger partial charge in [-0.25, -0.2) is 0 Å². The van der Waals surface area contributed by atoms with Gasteiger partial charge in [0, 0.05) is 17.0 Å². The first kappa shape index (κ1) is 10.6. The number of aliphatic hydroxyl groups is 1. The van der Waals surface area contributed by atoms with Crippen molar-refractivity contribution >= 4 is 11.6 Å². The lowest BCUT2D eigenvalue weighted by atomic mass is 10.0. The maximum absolute atomic E-state index is 10.2. The van der Waals surface area contributed by atoms with Crippen molar-refractivity contribution in [1.29, 1.82) is 0 Å². The molecule has 3 heteroatoms. The average Bonchev–Trinajstić information content (AvgIpc) is 2.46. The van der Waals surface area contributed by atoms with E-state index in [-0.39, 0.29) is 0 Å². The molecule has 0 saturated heterocycles. The Labute approximate surface area is 104 Å². The van der Waals surface area contributed by atoms with Gasteiger partial charge in [0.05, 0.1) is 6.10 Å². The second kappa shape index (κ2) is 4.06. The predicted molar refractivity (Wildman–Crippen MR) is 66.6 cm³/mol. The van der Waals surface area contributed by atoms with Gasteiger partial charge in [-0.3, -0.25) is 0 Å². The summed E-state index contributed by atoms with van der Waals surface area (Å²) in [7, 11) is 0. The molecule has 0 unspecified atom stereocenters. The molecule has 17 heavy (non-hydrogen) atoms. The van der Waals surface area contributed by atoms with Crippen molar-refractivity contribution in [1.82, 2.24) is 0 Å². The second-order valence-electron chi connectivity index (χ2n) is 4.11. The molecule has 0 aromatic heterocycles. The molecule has 1 aliphatic heterocycles. The molecule has 0 aliphatic carbocycles. The van der Waals surface area contributed by atoms with Gasteiger partial charge in [-0.05, 0) is 29.8 Å². The molecular weight excluding hydrogens is 236 g/mol. The normalized spacial score (nSPS) is 17.6. The van der Waals surface area contributed by atoms with Crippen molar-refractivity contribution < 1.29 is 9.84 Å². The van der Waals surface area contributed by atoms with Crippen LogP contribution in [0.1, 0.15) is 17.2 Å². The first-order valence-corrected chi connectivity index (χ1v) is 5.85. The molecular formula is C14H11ClO2. The van der Waals surface area contributed by atoms with Gasteiger partial charge in [0.1, 0.15) is 11.5 Å². The number of para-hydroxylation sites is 1. The summed E-state index contributed by atoms with van der Waals surface area (Å²) in [6.45, 7) is 0. The van der Waals surface area contributed by atoms with Crippen LogP contribution < -0.4 is 4.74 Å². The van der Waals surface area contributed by atoms with E-state index in [0.717, 1.165) is 16.9 Å². The number of benzene rings is 2. The molecule has 86 valence electrons. The summed E-state index contributed by atoms with van der Waals surface area (Å²) in [5.74, 6) is 1.47. The van der Waals surface area contributed by atoms with E-state index in [0.29, 0.717) is 17.2 Å². The predicted octanol–water partition coefficient (Wildman–Crippen LogP) is 3.72. The van der Waals surface area contributed by atoms with Gasteiger partial charge in [-0.1, -0.05) is 29.8 Å². The first-order valence-electron chi connectivity index (χ1n) is 5.47. The van der Waals surface area contributed by atoms with Crippen LogP contribution in [0.4, 0.5) is 0 Å². The summed E-state index contributed by atoms with van der Waals surface area (Å²) in [5, 5.41) is 10.8. The summed E-state index contributed by atoms with van der Waals surface area (Å²) in [6, 6.07) is 13.1. The maximum Gasteiger partial charge on any atom is 0.133 e. The lowest BCUT2D eigenvalue weighted by Gasteiger charge is -2.10. The highest BCUT2D eigenvalue weighted by Gasteiger charge is 2.21. The Morgan fingerprint density at radius 2 is 1.94 bits per heavy atom. The molecule has 1 heterocycles. The van der Waals surface area contributed by atoms with E-state index in [1.54, 1.807) is 18.2 Å². The molecule has 2 aromatic carbocycles. The lowest BCUT2D eigenvalue weighted by molar-refractivity contribution is 0.178. The third-order valence-electron chi connectivity index (χ3n) is 2.94. The number of halogens is 1. The molecule has 2 nitrogen and oxygen atoms in total. The van der Waals surface area contributed by atoms with E-state index >= 15 is 0 Å². The van der Waals surface area contributed by atoms with E-state index in [2.05, 4.69) is 0 Å². The Bertz CT molecular complexity index is 566. The SMILES string of the molecule is O[C@@H]1Cc2ccccc2Oc2ccc(Cl)cc21. The molecule has 1 aliphatic rings. The van der Waals surface area contributed by atoms with Gasteiger partial charge < -0.3 is 9.84 Å². The van der Waals surface area contributed by atoms with Crippen LogP contribution in [0.5, 0.6) is 11.5 Å². The minimum absolute atomic E-state index is 0.545. The van der Waals surface area contributed by atoms with Gasteiger partial charge in [-0.2, -0.15) is 0 Å². The summed E-state index contributed by atoms with van der Waals surface area (Å²) < 4.78 is 5.81. The third-order valence-corrected chi connectivity index (χ3v) is 3.17. The van der Waals surface area contributed by atoms with Crippen LogP contribution in [0.25, 0.3) is 0 Å². The average molecular weight is 247 g/mol. The first-order chi connectivity index (χ1) is 8.24. The van der Waals surface area contributed by atoms with Crippen molar-refractivity contribution in [3.8, 4) is 11.5 Å². The molecule has 1 N–H and O–H groups in total. The summed E-state index contributed by atoms with van der Waals surface area (Å²) in [6.07, 6.45) is -0.0314. The zero-order valence-electron chi connectivity index (χ0n) is 9.06. The Morgan fingerprint density at radius 3 is 2.82 bits per heavy atom. The van der Waals surface area contributed by atoms with Gasteiger partial charge in [-0.15, -0.1) is 0 Å². The molecule has 0 spiro atoms. The highest BCUT2D eigenvalue weighted by atomic mass is 35.5. The zero-order valence-corrected chi connectivity index (χ0v) is 9.82. The minimum Gasteiger partial charge on any atom is -0.457 e. The smallest absolute Gasteiger partial charge is 0.133 e. The summed E-state index contributed by atoms with van der Waals surface area (Å²) in [5.41, 5.74) is 1.75. The van der Waals surface area contributed by atoms with E-state index in [4.69, 9.17) is 16.3 Å². The number of ether oxygens (including phenoxy) is 1. The molecule has 0 bridgehead atoms. The van der Waals surface area contributed by atoms with Gasteiger partial charge >= 0.3 is 0 Å². The second-order valence-corrected chi connectivity index (χ2v) is 4.55. The number of fused-ring (bicyclic) bond motifs is 2. The molecule has 2 aromatic rings. The fourth-order valence-electron chi connectivity index (χ4n) is 2.08. The number of hydrogen-bond acceptors (Lipinski definition) is 2. The quantitative estimate of drug-likeness (QED) is 0.768. The Balaban J connectivity index is 2.14. The summed E-state index contributed by atoms with van der Waals surface area (Å²) >= 11 is 5.94. The lowest BCUT2D eigenvalue weighted by Crippen LogP contribution is -1.99. The minimum atomic E-state index is -0.577. The van der Waals surface area contributed by atoms with Crippen molar-refractivity contribution in [3.63, 3.8) is 0 Å². The van der Waals surface area contributed by atoms with E-state index in [1.807, 2.05) is 24.3 Å². The van der Waals surface area contributed by atoms with Crippen LogP contribution in [-0.4, -0.2) is 5.11 Å². The van der Waals surface area contributed by atoms with E-state index in [1.165, 1.54) is 0 Å². The van der Waals surface area contributed by atoms with Crippen LogP contribution in [-0.2, 0) is 6.42 Å². The van der Waals surface area contributed by atoms with Gasteiger partial charge in [0.25, 0.3) is 0 Å². The van der Waals surface area contributed by atoms with Gasteiger partial charge in [0.15, 0.2) is 0 Å². The zero-order chi connectivity index (χ0) is 11.8. The number of aliphatic hydroxyl groups excluding tert-OH is 1. The monoisotopic (exact) mass is 246 g/mol. The molecule has 1 atom stereocenters. The Morgan fingerprint density at radius 1 is 1.12 bits per heavy atom. The Hall–Kier alpha value is -1.51. The highest BCUT2D eigenvalue weighted by molar-refractivity contribution is 6.30. The van der Waals surface area contributed by atoms with Crippen LogP contribution in [0.3, 0.4) is 0 Å². The maximum atomic E-state index is 10.2. The van der Waals surface area contributed by atoms with Crippen molar-refractivity contribution in [2.24, 2.45) is 0 Å². The van der Waals surface area contributed by atoms with Crippen LogP contribution in [0.15, 0.2) is 42.5 Å². The van der Waals surface area contributed by atoms with Gasteiger partial charge in [0.2, 0.25) is 0 Å². The molecule has 0 saturated carbocycles. The number of rotatable bonds is 0. The topological polar surface area (TPSA) is 29.5 Å². The fraction of sp³-hybridized carbons (Fsp3) is 0.143. The number of hydrogen-bond donors (Lipinski definition) is 1. The van der Waals surface area contributed by atoms with Crippen LogP contribution in [0.2, 0.25) is 5.02 Å². The fourth-order valence-corrected chi connectivity index (χ4v) is 2.26. The highest BCUT2D eigenvalue weighted by Crippen LogP contribution is 2.39. The largest absolute Gasteiger partial charge is 0.457 e. The van der Waals surface area contributed by atoms with E-state index in [9.17, 15) is 5.11 Å². The van der Waals surface area contributed by atoms with Crippen LogP contribution >= 0.6 is 11.6 Å². The van der Waals surface area contributed by atoms with E-state index < -0.39 is 6.10 Å². The molecule has 0 radical (unpaired) electrons. The standard InChI is InChI=1S/C14H11ClO2/c15-10-5-6-14-11(8-10)12(16)7-9-3-1-2-4-13(9)17-14/h1-6,8,12,16H,7H2/t12-/m1/s1. The van der Waals surface area contributed by atoms with Crippen LogP contribution in [0, 0.1) is 0 Å². The summed E-state index contributed by atoms with van der Waals surface area (Å²) in [4.78, 5) is 0. The molecule has 3 rings (SSSR count). The van der Waals surface area contributed by atoms with Crippen molar-refractivity contribution in [3.05, 3.63) is 58.6 Å². The molecule has 0 fully saturated rings.